The number of hydrogen-bond donors (Lipinski definition) is 0. The second kappa shape index (κ2) is 7.30. The number of piperazine rings is 1. The Morgan fingerprint density at radius 2 is 1.96 bits per heavy atom. The molecule has 1 aromatic heterocycles. The van der Waals surface area contributed by atoms with Gasteiger partial charge in [-0.1, -0.05) is 20.8 Å². The van der Waals surface area contributed by atoms with Crippen molar-refractivity contribution in [3.63, 3.8) is 0 Å². The van der Waals surface area contributed by atoms with E-state index < -0.39 is 0 Å². The molecule has 0 atom stereocenters. The van der Waals surface area contributed by atoms with Crippen LogP contribution in [0.5, 0.6) is 0 Å². The monoisotopic (exact) mass is 392 g/mol. The van der Waals surface area contributed by atoms with Gasteiger partial charge >= 0.3 is 6.09 Å². The Labute approximate surface area is 161 Å². The lowest BCUT2D eigenvalue weighted by atomic mass is 9.98. The van der Waals surface area contributed by atoms with E-state index in [-0.39, 0.29) is 22.1 Å². The first kappa shape index (κ1) is 19.3. The highest BCUT2D eigenvalue weighted by atomic mass is 32.1. The summed E-state index contributed by atoms with van der Waals surface area (Å²) in [7, 11) is 0. The third kappa shape index (κ3) is 3.97. The maximum absolute atomic E-state index is 11.9. The van der Waals surface area contributed by atoms with Crippen LogP contribution in [0.4, 0.5) is 16.2 Å². The quantitative estimate of drug-likeness (QED) is 0.583. The topological polar surface area (TPSA) is 88.8 Å². The van der Waals surface area contributed by atoms with Gasteiger partial charge in [0, 0.05) is 37.7 Å². The van der Waals surface area contributed by atoms with E-state index in [2.05, 4.69) is 20.8 Å². The molecule has 0 saturated carbocycles. The number of fused-ring (bicyclic) bond motifs is 1. The number of aromatic nitrogens is 1. The highest BCUT2D eigenvalue weighted by Crippen LogP contribution is 2.38. The van der Waals surface area contributed by atoms with Gasteiger partial charge in [-0.15, -0.1) is 11.3 Å². The molecule has 9 heteroatoms. The molecular formula is C18H24N4O4S. The van der Waals surface area contributed by atoms with E-state index in [0.29, 0.717) is 38.5 Å². The van der Waals surface area contributed by atoms with Crippen LogP contribution < -0.4 is 4.90 Å². The Morgan fingerprint density at radius 1 is 1.30 bits per heavy atom. The van der Waals surface area contributed by atoms with Crippen molar-refractivity contribution in [3.8, 4) is 0 Å². The molecule has 0 aliphatic carbocycles. The number of nitro benzene ring substituents is 1. The zero-order chi connectivity index (χ0) is 19.8. The number of benzene rings is 1. The van der Waals surface area contributed by atoms with E-state index in [4.69, 9.17) is 9.72 Å². The predicted octanol–water partition coefficient (Wildman–Crippen LogP) is 3.78. The molecule has 1 aromatic carbocycles. The van der Waals surface area contributed by atoms with Crippen molar-refractivity contribution in [1.82, 2.24) is 9.88 Å². The van der Waals surface area contributed by atoms with E-state index >= 15 is 0 Å². The van der Waals surface area contributed by atoms with Crippen LogP contribution in [0, 0.1) is 10.1 Å². The van der Waals surface area contributed by atoms with Gasteiger partial charge in [0.1, 0.15) is 5.69 Å². The number of carbonyl (C=O) groups excluding carboxylic acids is 1. The minimum absolute atomic E-state index is 0.0798. The normalized spacial score (nSPS) is 15.3. The standard InChI is InChI=1S/C18H24N4O4S/c1-5-26-17(23)21-8-6-20(7-9-21)13-10-12-15(11-14(13)22(24)25)27-16(19-12)18(2,3)4/h10-11H,5-9H2,1-4H3. The zero-order valence-corrected chi connectivity index (χ0v) is 16.8. The first-order chi connectivity index (χ1) is 12.7. The second-order valence-electron chi connectivity index (χ2n) is 7.51. The van der Waals surface area contributed by atoms with Gasteiger partial charge in [-0.3, -0.25) is 10.1 Å². The van der Waals surface area contributed by atoms with Gasteiger partial charge in [-0.2, -0.15) is 0 Å². The van der Waals surface area contributed by atoms with Gasteiger partial charge in [0.2, 0.25) is 0 Å². The third-order valence-electron chi connectivity index (χ3n) is 4.47. The molecule has 0 bridgehead atoms. The highest BCUT2D eigenvalue weighted by molar-refractivity contribution is 7.18. The Morgan fingerprint density at radius 3 is 2.52 bits per heavy atom. The Hall–Kier alpha value is -2.42. The lowest BCUT2D eigenvalue weighted by Crippen LogP contribution is -2.49. The zero-order valence-electron chi connectivity index (χ0n) is 16.0. The van der Waals surface area contributed by atoms with Crippen molar-refractivity contribution >= 4 is 39.0 Å². The minimum Gasteiger partial charge on any atom is -0.450 e. The van der Waals surface area contributed by atoms with Crippen LogP contribution in [0.25, 0.3) is 10.2 Å². The summed E-state index contributed by atoms with van der Waals surface area (Å²) in [6.07, 6.45) is -0.337. The molecule has 146 valence electrons. The lowest BCUT2D eigenvalue weighted by Gasteiger charge is -2.35. The summed E-state index contributed by atoms with van der Waals surface area (Å²) in [5.41, 5.74) is 1.31. The average Bonchev–Trinajstić information content (AvgIpc) is 3.04. The summed E-state index contributed by atoms with van der Waals surface area (Å²) in [6.45, 7) is 10.3. The highest BCUT2D eigenvalue weighted by Gasteiger charge is 2.28. The molecule has 0 N–H and O–H groups in total. The van der Waals surface area contributed by atoms with Crippen molar-refractivity contribution in [2.24, 2.45) is 0 Å². The van der Waals surface area contributed by atoms with Crippen LogP contribution in [-0.2, 0) is 10.2 Å². The first-order valence-corrected chi connectivity index (χ1v) is 9.78. The molecule has 0 spiro atoms. The third-order valence-corrected chi connectivity index (χ3v) is 5.91. The molecule has 3 rings (SSSR count). The van der Waals surface area contributed by atoms with Gasteiger partial charge < -0.3 is 14.5 Å². The fourth-order valence-corrected chi connectivity index (χ4v) is 4.06. The van der Waals surface area contributed by atoms with E-state index in [0.717, 1.165) is 15.2 Å². The van der Waals surface area contributed by atoms with E-state index in [1.165, 1.54) is 11.3 Å². The summed E-state index contributed by atoms with van der Waals surface area (Å²) < 4.78 is 5.85. The minimum atomic E-state index is -0.344. The summed E-state index contributed by atoms with van der Waals surface area (Å²) >= 11 is 1.50. The molecule has 0 unspecified atom stereocenters. The summed E-state index contributed by atoms with van der Waals surface area (Å²) in [5, 5.41) is 12.6. The van der Waals surface area contributed by atoms with Crippen molar-refractivity contribution in [1.29, 1.82) is 0 Å². The average molecular weight is 392 g/mol. The lowest BCUT2D eigenvalue weighted by molar-refractivity contribution is -0.384. The molecule has 1 aliphatic heterocycles. The molecular weight excluding hydrogens is 368 g/mol. The number of amides is 1. The molecule has 0 radical (unpaired) electrons. The molecule has 27 heavy (non-hydrogen) atoms. The second-order valence-corrected chi connectivity index (χ2v) is 8.54. The Kier molecular flexibility index (Phi) is 5.23. The van der Waals surface area contributed by atoms with Crippen molar-refractivity contribution < 1.29 is 14.5 Å². The van der Waals surface area contributed by atoms with Crippen molar-refractivity contribution in [3.05, 3.63) is 27.3 Å². The van der Waals surface area contributed by atoms with Gasteiger partial charge in [-0.25, -0.2) is 9.78 Å². The molecule has 2 heterocycles. The van der Waals surface area contributed by atoms with Crippen LogP contribution in [-0.4, -0.2) is 53.7 Å². The number of rotatable bonds is 3. The molecule has 2 aromatic rings. The van der Waals surface area contributed by atoms with Crippen LogP contribution in [0.3, 0.4) is 0 Å². The largest absolute Gasteiger partial charge is 0.450 e. The molecule has 8 nitrogen and oxygen atoms in total. The summed E-state index contributed by atoms with van der Waals surface area (Å²) in [4.78, 5) is 31.4. The van der Waals surface area contributed by atoms with Gasteiger partial charge in [0.25, 0.3) is 5.69 Å². The Balaban J connectivity index is 1.90. The maximum atomic E-state index is 11.9. The maximum Gasteiger partial charge on any atom is 0.409 e. The number of anilines is 1. The fraction of sp³-hybridized carbons (Fsp3) is 0.556. The fourth-order valence-electron chi connectivity index (χ4n) is 3.02. The van der Waals surface area contributed by atoms with Crippen molar-refractivity contribution in [2.45, 2.75) is 33.1 Å². The number of thiazole rings is 1. The number of hydrogen-bond acceptors (Lipinski definition) is 7. The molecule has 1 amide bonds. The van der Waals surface area contributed by atoms with Crippen LogP contribution in [0.2, 0.25) is 0 Å². The van der Waals surface area contributed by atoms with Gasteiger partial charge in [0.05, 0.1) is 26.8 Å². The predicted molar refractivity (Wildman–Crippen MR) is 106 cm³/mol. The first-order valence-electron chi connectivity index (χ1n) is 8.97. The van der Waals surface area contributed by atoms with E-state index in [9.17, 15) is 14.9 Å². The SMILES string of the molecule is CCOC(=O)N1CCN(c2cc3nc(C(C)(C)C)sc3cc2[N+](=O)[O-])CC1. The van der Waals surface area contributed by atoms with Crippen molar-refractivity contribution in [2.75, 3.05) is 37.7 Å². The number of nitro groups is 1. The molecule has 1 aliphatic rings. The van der Waals surface area contributed by atoms with Gasteiger partial charge in [-0.05, 0) is 13.0 Å². The Bertz CT molecular complexity index is 866. The molecule has 1 fully saturated rings. The summed E-state index contributed by atoms with van der Waals surface area (Å²) in [5.74, 6) is 0. The van der Waals surface area contributed by atoms with Crippen LogP contribution >= 0.6 is 11.3 Å². The number of nitrogens with zero attached hydrogens (tertiary/aromatic N) is 4. The molecule has 1 saturated heterocycles. The van der Waals surface area contributed by atoms with E-state index in [1.54, 1.807) is 24.0 Å². The number of carbonyl (C=O) groups is 1. The van der Waals surface area contributed by atoms with Crippen LogP contribution in [0.15, 0.2) is 12.1 Å². The van der Waals surface area contributed by atoms with Crippen LogP contribution in [0.1, 0.15) is 32.7 Å². The van der Waals surface area contributed by atoms with E-state index in [1.807, 2.05) is 4.90 Å². The van der Waals surface area contributed by atoms with Gasteiger partial charge in [0.15, 0.2) is 0 Å². The number of ether oxygens (including phenoxy) is 1. The smallest absolute Gasteiger partial charge is 0.409 e. The summed E-state index contributed by atoms with van der Waals surface area (Å²) in [6, 6.07) is 3.43.